The second kappa shape index (κ2) is 12.6. The maximum atomic E-state index is 2.63. The molecule has 5 heteroatoms. The molecule has 6 aromatic carbocycles. The van der Waals surface area contributed by atoms with Gasteiger partial charge in [0.25, 0.3) is 6.71 Å². The van der Waals surface area contributed by atoms with Gasteiger partial charge in [-0.3, -0.25) is 0 Å². The van der Waals surface area contributed by atoms with Gasteiger partial charge in [-0.2, -0.15) is 0 Å². The van der Waals surface area contributed by atoms with E-state index in [1.165, 1.54) is 122 Å². The quantitative estimate of drug-likeness (QED) is 0.161. The molecule has 0 radical (unpaired) electrons. The van der Waals surface area contributed by atoms with Gasteiger partial charge in [-0.25, -0.2) is 0 Å². The van der Waals surface area contributed by atoms with Crippen LogP contribution in [0.2, 0.25) is 0 Å². The highest BCUT2D eigenvalue weighted by molar-refractivity contribution is 7.34. The number of hydrogen-bond acceptors (Lipinski definition) is 4. The van der Waals surface area contributed by atoms with Crippen molar-refractivity contribution in [2.45, 2.75) is 105 Å². The molecule has 11 rings (SSSR count). The largest absolute Gasteiger partial charge is 0.311 e. The number of benzene rings is 6. The minimum absolute atomic E-state index is 0.0325. The summed E-state index contributed by atoms with van der Waals surface area (Å²) >= 11 is 4.02. The van der Waals surface area contributed by atoms with Crippen LogP contribution < -0.4 is 25.5 Å². The van der Waals surface area contributed by atoms with Crippen LogP contribution in [0.5, 0.6) is 0 Å². The van der Waals surface area contributed by atoms with Crippen molar-refractivity contribution in [2.75, 3.05) is 9.80 Å². The van der Waals surface area contributed by atoms with E-state index in [4.69, 9.17) is 0 Å². The van der Waals surface area contributed by atoms with Gasteiger partial charge >= 0.3 is 0 Å². The molecule has 0 spiro atoms. The number of aryl methyl sites for hydroxylation is 3. The molecule has 0 saturated heterocycles. The molecule has 4 heterocycles. The van der Waals surface area contributed by atoms with Crippen LogP contribution in [-0.4, -0.2) is 6.71 Å². The lowest BCUT2D eigenvalue weighted by Crippen LogP contribution is -2.60. The maximum absolute atomic E-state index is 2.63. The fourth-order valence-electron chi connectivity index (χ4n) is 10.2. The summed E-state index contributed by atoms with van der Waals surface area (Å²) in [5.74, 6) is 0. The zero-order valence-electron chi connectivity index (χ0n) is 36.2. The standard InChI is InChI=1S/C54H53BN2S2/c1-31-26-44-48-45(27-31)57(37-22-17-34(18-23-37)53(5,6)7)49-41-28-35(54(8,9)10)19-25-46(41)59-51(49)55(48)42-29-40-39-24-14-32-12-11-13-38(32)50(39)58-47(40)30-43(42)56(44)36-20-15-33(16-21-36)52(2,3)4/h14-30H,11-13H2,1-10H3. The monoisotopic (exact) mass is 804 g/mol. The summed E-state index contributed by atoms with van der Waals surface area (Å²) in [6.45, 7) is 23.3. The Morgan fingerprint density at radius 2 is 1.14 bits per heavy atom. The van der Waals surface area contributed by atoms with E-state index in [2.05, 4.69) is 182 Å². The first-order valence-corrected chi connectivity index (χ1v) is 23.2. The lowest BCUT2D eigenvalue weighted by Gasteiger charge is -2.43. The second-order valence-electron chi connectivity index (χ2n) is 20.6. The first-order chi connectivity index (χ1) is 28.0. The van der Waals surface area contributed by atoms with Crippen molar-refractivity contribution in [3.05, 3.63) is 137 Å². The molecule has 2 aromatic heterocycles. The van der Waals surface area contributed by atoms with Gasteiger partial charge in [-0.1, -0.05) is 111 Å². The van der Waals surface area contributed by atoms with Gasteiger partial charge in [0.05, 0.1) is 5.69 Å². The molecule has 59 heavy (non-hydrogen) atoms. The van der Waals surface area contributed by atoms with E-state index in [9.17, 15) is 0 Å². The lowest BCUT2D eigenvalue weighted by molar-refractivity contribution is 0.590. The highest BCUT2D eigenvalue weighted by Crippen LogP contribution is 2.50. The topological polar surface area (TPSA) is 6.48 Å². The van der Waals surface area contributed by atoms with E-state index < -0.39 is 0 Å². The third kappa shape index (κ3) is 5.63. The minimum Gasteiger partial charge on any atom is -0.311 e. The summed E-state index contributed by atoms with van der Waals surface area (Å²) in [7, 11) is 0. The van der Waals surface area contributed by atoms with Crippen LogP contribution in [-0.2, 0) is 29.1 Å². The Labute approximate surface area is 358 Å². The molecule has 0 saturated carbocycles. The van der Waals surface area contributed by atoms with Crippen LogP contribution in [0, 0.1) is 6.92 Å². The SMILES string of the molecule is Cc1cc2c3c(c1)N(c1ccc(C(C)(C)C)cc1)c1c(sc4ccc(C(C)(C)C)cc14)B3c1cc3c(cc1N2c1ccc(C(C)(C)C)cc1)sc1c2c(ccc13)CCC2. The number of hydrogen-bond donors (Lipinski definition) is 0. The van der Waals surface area contributed by atoms with Crippen LogP contribution in [0.15, 0.2) is 103 Å². The van der Waals surface area contributed by atoms with Gasteiger partial charge in [0.15, 0.2) is 0 Å². The van der Waals surface area contributed by atoms with E-state index in [0.717, 1.165) is 0 Å². The van der Waals surface area contributed by atoms with Crippen molar-refractivity contribution in [3.63, 3.8) is 0 Å². The summed E-state index contributed by atoms with van der Waals surface area (Å²) in [4.78, 5) is 5.23. The molecule has 0 N–H and O–H groups in total. The minimum atomic E-state index is 0.0325. The predicted molar refractivity (Wildman–Crippen MR) is 262 cm³/mol. The molecule has 3 aliphatic rings. The summed E-state index contributed by atoms with van der Waals surface area (Å²) < 4.78 is 5.67. The molecule has 2 nitrogen and oxygen atoms in total. The molecule has 0 amide bonds. The Morgan fingerprint density at radius 1 is 0.525 bits per heavy atom. The van der Waals surface area contributed by atoms with Crippen molar-refractivity contribution in [2.24, 2.45) is 0 Å². The molecule has 0 fully saturated rings. The van der Waals surface area contributed by atoms with Crippen LogP contribution in [0.25, 0.3) is 30.3 Å². The summed E-state index contributed by atoms with van der Waals surface area (Å²) in [6.07, 6.45) is 3.66. The van der Waals surface area contributed by atoms with Gasteiger partial charge in [-0.15, -0.1) is 22.7 Å². The van der Waals surface area contributed by atoms with Crippen molar-refractivity contribution in [1.82, 2.24) is 0 Å². The van der Waals surface area contributed by atoms with Crippen molar-refractivity contribution in [3.8, 4) is 0 Å². The maximum Gasteiger partial charge on any atom is 0.264 e. The molecule has 8 aromatic rings. The molecule has 2 aliphatic heterocycles. The second-order valence-corrected chi connectivity index (χ2v) is 22.8. The average Bonchev–Trinajstić information content (AvgIpc) is 3.91. The normalized spacial score (nSPS) is 15.0. The van der Waals surface area contributed by atoms with Gasteiger partial charge in [0.2, 0.25) is 0 Å². The molecular weight excluding hydrogens is 752 g/mol. The fourth-order valence-corrected chi connectivity index (χ4v) is 12.9. The molecule has 1 aliphatic carbocycles. The van der Waals surface area contributed by atoms with E-state index in [1.54, 1.807) is 11.1 Å². The van der Waals surface area contributed by atoms with E-state index in [-0.39, 0.29) is 23.0 Å². The number of anilines is 6. The van der Waals surface area contributed by atoms with Crippen molar-refractivity contribution in [1.29, 1.82) is 0 Å². The summed E-state index contributed by atoms with van der Waals surface area (Å²) in [6, 6.07) is 41.1. The summed E-state index contributed by atoms with van der Waals surface area (Å²) in [5, 5.41) is 4.18. The van der Waals surface area contributed by atoms with Gasteiger partial charge in [0, 0.05) is 58.1 Å². The molecule has 0 unspecified atom stereocenters. The third-order valence-corrected chi connectivity index (χ3v) is 15.9. The third-order valence-electron chi connectivity index (χ3n) is 13.5. The summed E-state index contributed by atoms with van der Waals surface area (Å²) in [5.41, 5.74) is 19.1. The zero-order chi connectivity index (χ0) is 40.9. The van der Waals surface area contributed by atoms with Gasteiger partial charge in [-0.05, 0) is 147 Å². The number of thiophene rings is 2. The molecule has 0 bridgehead atoms. The van der Waals surface area contributed by atoms with E-state index in [1.807, 2.05) is 22.7 Å². The lowest BCUT2D eigenvalue weighted by atomic mass is 9.36. The Balaban J connectivity index is 1.25. The average molecular weight is 805 g/mol. The van der Waals surface area contributed by atoms with Crippen LogP contribution >= 0.6 is 22.7 Å². The van der Waals surface area contributed by atoms with Crippen molar-refractivity contribution < 1.29 is 0 Å². The first kappa shape index (κ1) is 37.2. The Morgan fingerprint density at radius 3 is 1.78 bits per heavy atom. The van der Waals surface area contributed by atoms with Crippen LogP contribution in [0.3, 0.4) is 0 Å². The molecule has 294 valence electrons. The number of nitrogens with zero attached hydrogens (tertiary/aromatic N) is 2. The number of rotatable bonds is 2. The molecular formula is C54H53BN2S2. The highest BCUT2D eigenvalue weighted by Gasteiger charge is 2.46. The van der Waals surface area contributed by atoms with Gasteiger partial charge in [0.1, 0.15) is 0 Å². The number of fused-ring (bicyclic) bond motifs is 11. The fraction of sp³-hybridized carbons (Fsp3) is 0.296. The van der Waals surface area contributed by atoms with Crippen LogP contribution in [0.1, 0.15) is 102 Å². The first-order valence-electron chi connectivity index (χ1n) is 21.6. The smallest absolute Gasteiger partial charge is 0.264 e. The highest BCUT2D eigenvalue weighted by atomic mass is 32.1. The molecule has 0 atom stereocenters. The Hall–Kier alpha value is -4.84. The van der Waals surface area contributed by atoms with Gasteiger partial charge < -0.3 is 9.80 Å². The Bertz CT molecular complexity index is 3030. The Kier molecular flexibility index (Phi) is 7.94. The van der Waals surface area contributed by atoms with Crippen molar-refractivity contribution >= 4 is 109 Å². The van der Waals surface area contributed by atoms with E-state index >= 15 is 0 Å². The predicted octanol–water partition coefficient (Wildman–Crippen LogP) is 14.0. The van der Waals surface area contributed by atoms with Crippen LogP contribution in [0.4, 0.5) is 34.1 Å². The zero-order valence-corrected chi connectivity index (χ0v) is 37.9. The van der Waals surface area contributed by atoms with E-state index in [0.29, 0.717) is 0 Å².